The number of hydrogen-bond donors (Lipinski definition) is 2. The molecule has 1 fully saturated rings. The number of halogens is 1. The zero-order valence-corrected chi connectivity index (χ0v) is 39.3. The summed E-state index contributed by atoms with van der Waals surface area (Å²) in [6.07, 6.45) is 0. The molecular formula is C48H43IN8O6S2. The molecule has 2 N–H and O–H groups in total. The van der Waals surface area contributed by atoms with Gasteiger partial charge < -0.3 is 48.9 Å². The average Bonchev–Trinajstić information content (AvgIpc) is 3.94. The molecule has 17 heteroatoms. The minimum atomic E-state index is -0.980. The lowest BCUT2D eigenvalue weighted by atomic mass is 9.77. The van der Waals surface area contributed by atoms with Gasteiger partial charge in [0.15, 0.2) is 21.9 Å². The standard InChI is InChI=1S/C48H42N8O6S2.HI/c1-54-38-21-13-14-22-39(38)55(53-54)27-32-29-63-45-41(44(58)56(45)42(32)46(59)62-28-31-23-25-36(60-2)26-24-31)50-43(57)40(52-61-3)37-30-64-47(49-37)51-48(33-15-7-4-8-16-33,34-17-9-5-10-18-34)35-19-11-6-12-20-35;/h4-26,30,41,45H,27-29H2,1-3H3,(H-,49,50,51,57);1H/b52-40-;/t41-,45-;/m1./s1. The van der Waals surface area contributed by atoms with Gasteiger partial charge in [-0.3, -0.25) is 14.5 Å². The number of ether oxygens (including phenoxy) is 2. The summed E-state index contributed by atoms with van der Waals surface area (Å²) in [5, 5.41) is 17.0. The Morgan fingerprint density at radius 1 is 0.862 bits per heavy atom. The van der Waals surface area contributed by atoms with Crippen molar-refractivity contribution in [3.8, 4) is 5.75 Å². The average molecular weight is 1020 g/mol. The van der Waals surface area contributed by atoms with Crippen LogP contribution in [0.3, 0.4) is 0 Å². The highest BCUT2D eigenvalue weighted by molar-refractivity contribution is 8.00. The van der Waals surface area contributed by atoms with Crippen molar-refractivity contribution in [1.82, 2.24) is 25.1 Å². The number of nitrogens with one attached hydrogen (secondary N) is 2. The van der Waals surface area contributed by atoms with E-state index in [1.54, 1.807) is 34.0 Å². The first-order chi connectivity index (χ1) is 31.3. The molecule has 1 saturated heterocycles. The molecule has 14 nitrogen and oxygen atoms in total. The SMILES string of the molecule is CO/N=C(\C(=O)N[C@@H]1C(=O)N2C(C(=O)OCc3ccc(OC)cc3)=C(Cn3n[n+](C)c4ccccc43)CS[C@H]12)c1csc(NC(c2ccccc2)(c2ccccc2)c2ccccc2)n1.[I-]. The normalized spacial score (nSPS) is 16.0. The molecule has 2 aliphatic heterocycles. The van der Waals surface area contributed by atoms with Gasteiger partial charge in [0.2, 0.25) is 0 Å². The lowest BCUT2D eigenvalue weighted by molar-refractivity contribution is -0.709. The van der Waals surface area contributed by atoms with Gasteiger partial charge in [-0.15, -0.1) is 32.5 Å². The van der Waals surface area contributed by atoms with Crippen molar-refractivity contribution in [1.29, 1.82) is 0 Å². The fourth-order valence-corrected chi connectivity index (χ4v) is 10.2. The third kappa shape index (κ3) is 8.82. The van der Waals surface area contributed by atoms with Crippen LogP contribution < -0.4 is 44.0 Å². The maximum atomic E-state index is 14.2. The maximum absolute atomic E-state index is 14.2. The van der Waals surface area contributed by atoms with Crippen LogP contribution in [0.25, 0.3) is 11.0 Å². The third-order valence-corrected chi connectivity index (χ3v) is 13.3. The lowest BCUT2D eigenvalue weighted by Gasteiger charge is -2.49. The van der Waals surface area contributed by atoms with Crippen LogP contribution in [0, 0.1) is 0 Å². The van der Waals surface area contributed by atoms with E-state index in [0.29, 0.717) is 22.2 Å². The van der Waals surface area contributed by atoms with Crippen LogP contribution in [-0.2, 0) is 49.7 Å². The second kappa shape index (κ2) is 19.7. The van der Waals surface area contributed by atoms with Gasteiger partial charge in [0, 0.05) is 16.7 Å². The number of anilines is 1. The minimum absolute atomic E-state index is 0. The van der Waals surface area contributed by atoms with E-state index < -0.39 is 34.7 Å². The number of para-hydroxylation sites is 2. The molecular weight excluding hydrogens is 976 g/mol. The fourth-order valence-electron chi connectivity index (χ4n) is 8.13. The first-order valence-electron chi connectivity index (χ1n) is 20.4. The molecule has 5 aromatic carbocycles. The molecule has 7 aromatic rings. The summed E-state index contributed by atoms with van der Waals surface area (Å²) in [7, 11) is 4.78. The molecule has 0 unspecified atom stereocenters. The van der Waals surface area contributed by atoms with Crippen molar-refractivity contribution < 1.29 is 57.4 Å². The van der Waals surface area contributed by atoms with E-state index in [0.717, 1.165) is 33.3 Å². The van der Waals surface area contributed by atoms with Gasteiger partial charge in [0.05, 0.1) is 12.3 Å². The molecule has 9 rings (SSSR count). The van der Waals surface area contributed by atoms with Crippen LogP contribution in [-0.4, -0.2) is 74.7 Å². The number of thiazole rings is 1. The van der Waals surface area contributed by atoms with Crippen molar-refractivity contribution in [2.75, 3.05) is 25.3 Å². The first-order valence-corrected chi connectivity index (χ1v) is 22.3. The number of β-lactam (4-membered cyclic amide) rings is 1. The summed E-state index contributed by atoms with van der Waals surface area (Å²) in [6.45, 7) is 0.212. The quantitative estimate of drug-likeness (QED) is 0.0298. The topological polar surface area (TPSA) is 153 Å². The Hall–Kier alpha value is -6.57. The largest absolute Gasteiger partial charge is 1.00 e. The van der Waals surface area contributed by atoms with Crippen molar-refractivity contribution >= 4 is 62.8 Å². The van der Waals surface area contributed by atoms with Crippen molar-refractivity contribution in [2.45, 2.75) is 30.1 Å². The van der Waals surface area contributed by atoms with Gasteiger partial charge in [0.1, 0.15) is 61.4 Å². The van der Waals surface area contributed by atoms with Crippen LogP contribution in [0.2, 0.25) is 0 Å². The van der Waals surface area contributed by atoms with Crippen LogP contribution >= 0.6 is 23.1 Å². The second-order valence-electron chi connectivity index (χ2n) is 15.0. The predicted octanol–water partition coefficient (Wildman–Crippen LogP) is 3.18. The Morgan fingerprint density at radius 3 is 2.09 bits per heavy atom. The highest BCUT2D eigenvalue weighted by Crippen LogP contribution is 2.43. The number of thioether (sulfide) groups is 1. The smallest absolute Gasteiger partial charge is 0.355 e. The number of benzene rings is 5. The van der Waals surface area contributed by atoms with E-state index >= 15 is 0 Å². The van der Waals surface area contributed by atoms with E-state index in [9.17, 15) is 14.4 Å². The van der Waals surface area contributed by atoms with Gasteiger partial charge in [-0.1, -0.05) is 120 Å². The van der Waals surface area contributed by atoms with E-state index in [-0.39, 0.29) is 54.2 Å². The number of aryl methyl sites for hydroxylation is 1. The summed E-state index contributed by atoms with van der Waals surface area (Å²) in [4.78, 5) is 54.0. The number of carbonyl (C=O) groups excluding carboxylic acids is 3. The Kier molecular flexibility index (Phi) is 13.6. The van der Waals surface area contributed by atoms with Crippen molar-refractivity contribution in [3.63, 3.8) is 0 Å². The summed E-state index contributed by atoms with van der Waals surface area (Å²) in [5.74, 6) is -0.736. The Bertz CT molecular complexity index is 2800. The highest BCUT2D eigenvalue weighted by atomic mass is 127. The molecule has 0 spiro atoms. The molecule has 0 bridgehead atoms. The van der Waals surface area contributed by atoms with Crippen molar-refractivity contribution in [2.24, 2.45) is 12.2 Å². The number of fused-ring (bicyclic) bond motifs is 2. The van der Waals surface area contributed by atoms with Gasteiger partial charge in [-0.2, -0.15) is 0 Å². The summed E-state index contributed by atoms with van der Waals surface area (Å²) in [5.41, 5.74) is 5.56. The monoisotopic (exact) mass is 1020 g/mol. The predicted molar refractivity (Wildman–Crippen MR) is 244 cm³/mol. The lowest BCUT2D eigenvalue weighted by Crippen LogP contribution is -3.00. The number of aromatic nitrogens is 4. The Labute approximate surface area is 400 Å². The number of methoxy groups -OCH3 is 1. The van der Waals surface area contributed by atoms with E-state index in [1.165, 1.54) is 35.1 Å². The number of esters is 1. The molecule has 4 heterocycles. The molecule has 0 radical (unpaired) electrons. The Morgan fingerprint density at radius 2 is 1.48 bits per heavy atom. The first kappa shape index (κ1) is 45.0. The van der Waals surface area contributed by atoms with Gasteiger partial charge >= 0.3 is 5.97 Å². The molecule has 330 valence electrons. The number of amides is 2. The van der Waals surface area contributed by atoms with E-state index in [1.807, 2.05) is 98.0 Å². The summed E-state index contributed by atoms with van der Waals surface area (Å²) < 4.78 is 14.7. The van der Waals surface area contributed by atoms with Crippen LogP contribution in [0.5, 0.6) is 5.75 Å². The second-order valence-corrected chi connectivity index (χ2v) is 17.0. The number of carbonyl (C=O) groups is 3. The molecule has 0 saturated carbocycles. The molecule has 2 aliphatic rings. The van der Waals surface area contributed by atoms with Crippen LogP contribution in [0.15, 0.2) is 161 Å². The van der Waals surface area contributed by atoms with Gasteiger partial charge in [-0.25, -0.2) is 9.78 Å². The van der Waals surface area contributed by atoms with Crippen LogP contribution in [0.4, 0.5) is 5.13 Å². The van der Waals surface area contributed by atoms with Gasteiger partial charge in [-0.05, 0) is 46.5 Å². The fraction of sp³-hybridized carbons (Fsp3) is 0.188. The molecule has 2 aromatic heterocycles. The number of oxime groups is 1. The summed E-state index contributed by atoms with van der Waals surface area (Å²) in [6, 6.07) is 44.3. The van der Waals surface area contributed by atoms with E-state index in [2.05, 4.69) is 57.4 Å². The molecule has 65 heavy (non-hydrogen) atoms. The molecule has 0 aliphatic carbocycles. The molecule has 2 amide bonds. The number of rotatable bonds is 15. The number of nitrogens with zero attached hydrogens (tertiary/aromatic N) is 6. The zero-order chi connectivity index (χ0) is 44.2. The minimum Gasteiger partial charge on any atom is -1.00 e. The Balaban J connectivity index is 0.00000576. The highest BCUT2D eigenvalue weighted by Gasteiger charge is 2.55. The molecule has 2 atom stereocenters. The van der Waals surface area contributed by atoms with E-state index in [4.69, 9.17) is 19.3 Å². The third-order valence-electron chi connectivity index (χ3n) is 11.2. The van der Waals surface area contributed by atoms with Gasteiger partial charge in [0.25, 0.3) is 11.8 Å². The van der Waals surface area contributed by atoms with Crippen LogP contribution in [0.1, 0.15) is 27.9 Å². The summed E-state index contributed by atoms with van der Waals surface area (Å²) >= 11 is 2.75. The number of hydrogen-bond acceptors (Lipinski definition) is 12. The van der Waals surface area contributed by atoms with Crippen molar-refractivity contribution in [3.05, 3.63) is 184 Å². The maximum Gasteiger partial charge on any atom is 0.355 e. The zero-order valence-electron chi connectivity index (χ0n) is 35.5.